The van der Waals surface area contributed by atoms with Crippen LogP contribution in [0.5, 0.6) is 0 Å². The van der Waals surface area contributed by atoms with E-state index in [0.29, 0.717) is 6.04 Å². The molecule has 0 spiro atoms. The van der Waals surface area contributed by atoms with E-state index in [1.807, 2.05) is 11.8 Å². The predicted molar refractivity (Wildman–Crippen MR) is 121 cm³/mol. The van der Waals surface area contributed by atoms with Gasteiger partial charge in [0.2, 0.25) is 0 Å². The normalized spacial score (nSPS) is 19.1. The quantitative estimate of drug-likeness (QED) is 0.598. The number of piperazine rings is 1. The number of aliphatic imine (C=N–C) groups is 1. The zero-order chi connectivity index (χ0) is 19.6. The molecular weight excluding hydrogens is 374 g/mol. The van der Waals surface area contributed by atoms with Gasteiger partial charge < -0.3 is 4.90 Å². The summed E-state index contributed by atoms with van der Waals surface area (Å²) < 4.78 is 0. The van der Waals surface area contributed by atoms with E-state index < -0.39 is 0 Å². The Hall–Kier alpha value is -2.56. The average Bonchev–Trinajstić information content (AvgIpc) is 2.93. The Labute approximate surface area is 177 Å². The minimum absolute atomic E-state index is 0.479. The van der Waals surface area contributed by atoms with Gasteiger partial charge in [-0.3, -0.25) is 4.90 Å². The Balaban J connectivity index is 1.49. The first-order chi connectivity index (χ1) is 14.3. The number of nitrogens with zero attached hydrogens (tertiary/aromatic N) is 3. The summed E-state index contributed by atoms with van der Waals surface area (Å²) in [5, 5.41) is 0. The second-order valence-corrected chi connectivity index (χ2v) is 8.86. The highest BCUT2D eigenvalue weighted by molar-refractivity contribution is 7.99. The topological polar surface area (TPSA) is 18.8 Å². The van der Waals surface area contributed by atoms with Crippen LogP contribution in [0.25, 0.3) is 0 Å². The Morgan fingerprint density at radius 2 is 1.59 bits per heavy atom. The van der Waals surface area contributed by atoms with Crippen LogP contribution in [0, 0.1) is 0 Å². The second kappa shape index (κ2) is 8.05. The third kappa shape index (κ3) is 3.83. The molecule has 0 aliphatic carbocycles. The molecule has 3 aromatic rings. The maximum absolute atomic E-state index is 5.17. The number of hydrogen-bond donors (Lipinski definition) is 0. The molecule has 0 aromatic heterocycles. The van der Waals surface area contributed by atoms with Gasteiger partial charge in [0.25, 0.3) is 0 Å². The van der Waals surface area contributed by atoms with Crippen molar-refractivity contribution >= 4 is 23.3 Å². The highest BCUT2D eigenvalue weighted by Crippen LogP contribution is 2.40. The zero-order valence-electron chi connectivity index (χ0n) is 16.7. The lowest BCUT2D eigenvalue weighted by molar-refractivity contribution is 0.140. The molecule has 0 unspecified atom stereocenters. The Kier molecular flexibility index (Phi) is 5.13. The SMILES string of the molecule is CN1CCN(C2=Nc3ccccc3Sc3ccccc32)C[C@H]1Cc1ccccc1. The molecule has 0 amide bonds. The Bertz CT molecular complexity index is 1030. The molecule has 2 aliphatic rings. The lowest BCUT2D eigenvalue weighted by Gasteiger charge is -2.41. The van der Waals surface area contributed by atoms with Crippen molar-refractivity contribution in [2.24, 2.45) is 4.99 Å². The minimum Gasteiger partial charge on any atom is -0.353 e. The molecule has 0 N–H and O–H groups in total. The summed E-state index contributed by atoms with van der Waals surface area (Å²) in [6.07, 6.45) is 1.06. The predicted octanol–water partition coefficient (Wildman–Crippen LogP) is 5.09. The molecule has 1 atom stereocenters. The summed E-state index contributed by atoms with van der Waals surface area (Å²) in [6.45, 7) is 3.04. The third-order valence-electron chi connectivity index (χ3n) is 5.83. The minimum atomic E-state index is 0.479. The largest absolute Gasteiger partial charge is 0.353 e. The summed E-state index contributed by atoms with van der Waals surface area (Å²) in [7, 11) is 2.25. The number of para-hydroxylation sites is 1. The monoisotopic (exact) mass is 399 g/mol. The van der Waals surface area contributed by atoms with E-state index in [1.165, 1.54) is 20.9 Å². The molecule has 1 fully saturated rings. The molecule has 3 aromatic carbocycles. The highest BCUT2D eigenvalue weighted by Gasteiger charge is 2.29. The van der Waals surface area contributed by atoms with Gasteiger partial charge in [0.15, 0.2) is 0 Å². The molecule has 2 heterocycles. The van der Waals surface area contributed by atoms with Crippen LogP contribution in [0.15, 0.2) is 93.6 Å². The van der Waals surface area contributed by atoms with E-state index >= 15 is 0 Å². The van der Waals surface area contributed by atoms with E-state index in [2.05, 4.69) is 95.7 Å². The molecule has 0 radical (unpaired) electrons. The van der Waals surface area contributed by atoms with E-state index in [9.17, 15) is 0 Å². The number of fused-ring (bicyclic) bond motifs is 2. The van der Waals surface area contributed by atoms with E-state index in [-0.39, 0.29) is 0 Å². The Morgan fingerprint density at radius 1 is 0.862 bits per heavy atom. The van der Waals surface area contributed by atoms with E-state index in [0.717, 1.165) is 37.6 Å². The van der Waals surface area contributed by atoms with Crippen molar-refractivity contribution in [3.05, 3.63) is 90.0 Å². The van der Waals surface area contributed by atoms with E-state index in [4.69, 9.17) is 4.99 Å². The van der Waals surface area contributed by atoms with Crippen LogP contribution in [0.4, 0.5) is 5.69 Å². The number of benzene rings is 3. The fraction of sp³-hybridized carbons (Fsp3) is 0.240. The van der Waals surface area contributed by atoms with E-state index in [1.54, 1.807) is 0 Å². The first-order valence-corrected chi connectivity index (χ1v) is 11.0. The van der Waals surface area contributed by atoms with Crippen LogP contribution in [0.1, 0.15) is 11.1 Å². The van der Waals surface area contributed by atoms with Gasteiger partial charge in [0, 0.05) is 41.0 Å². The van der Waals surface area contributed by atoms with Gasteiger partial charge in [0.05, 0.1) is 5.69 Å². The second-order valence-electron chi connectivity index (χ2n) is 7.77. The van der Waals surface area contributed by atoms with Crippen LogP contribution >= 0.6 is 11.8 Å². The van der Waals surface area contributed by atoms with Crippen LogP contribution in [-0.2, 0) is 6.42 Å². The first kappa shape index (κ1) is 18.5. The fourth-order valence-corrected chi connectivity index (χ4v) is 5.17. The van der Waals surface area contributed by atoms with Gasteiger partial charge in [-0.05, 0) is 37.2 Å². The van der Waals surface area contributed by atoms with Gasteiger partial charge in [0.1, 0.15) is 5.84 Å². The molecule has 4 heteroatoms. The molecule has 5 rings (SSSR count). The number of likely N-dealkylation sites (N-methyl/N-ethyl adjacent to an activating group) is 1. The third-order valence-corrected chi connectivity index (χ3v) is 6.97. The number of amidine groups is 1. The highest BCUT2D eigenvalue weighted by atomic mass is 32.2. The van der Waals surface area contributed by atoms with Crippen molar-refractivity contribution < 1.29 is 0 Å². The average molecular weight is 400 g/mol. The van der Waals surface area contributed by atoms with Gasteiger partial charge in [-0.25, -0.2) is 4.99 Å². The number of hydrogen-bond acceptors (Lipinski definition) is 4. The lowest BCUT2D eigenvalue weighted by Crippen LogP contribution is -2.54. The van der Waals surface area contributed by atoms with Crippen molar-refractivity contribution in [3.8, 4) is 0 Å². The zero-order valence-corrected chi connectivity index (χ0v) is 17.5. The van der Waals surface area contributed by atoms with Crippen LogP contribution in [0.3, 0.4) is 0 Å². The van der Waals surface area contributed by atoms with Crippen molar-refractivity contribution in [1.29, 1.82) is 0 Å². The van der Waals surface area contributed by atoms with Crippen molar-refractivity contribution in [2.75, 3.05) is 26.7 Å². The van der Waals surface area contributed by atoms with Gasteiger partial charge in [-0.2, -0.15) is 0 Å². The van der Waals surface area contributed by atoms with Gasteiger partial charge in [-0.15, -0.1) is 0 Å². The van der Waals surface area contributed by atoms with Crippen molar-refractivity contribution in [2.45, 2.75) is 22.3 Å². The maximum Gasteiger partial charge on any atom is 0.137 e. The van der Waals surface area contributed by atoms with Crippen molar-refractivity contribution in [1.82, 2.24) is 9.80 Å². The standard InChI is InChI=1S/C25H25N3S/c1-27-15-16-28(18-20(27)17-19-9-3-2-4-10-19)25-21-11-5-7-13-23(21)29-24-14-8-6-12-22(24)26-25/h2-14,20H,15-18H2,1H3/t20-/m1/s1. The van der Waals surface area contributed by atoms with Crippen molar-refractivity contribution in [3.63, 3.8) is 0 Å². The molecule has 1 saturated heterocycles. The smallest absolute Gasteiger partial charge is 0.137 e. The summed E-state index contributed by atoms with van der Waals surface area (Å²) in [5.41, 5.74) is 3.72. The molecular formula is C25H25N3S. The summed E-state index contributed by atoms with van der Waals surface area (Å²) in [6, 6.07) is 28.5. The first-order valence-electron chi connectivity index (χ1n) is 10.2. The molecule has 3 nitrogen and oxygen atoms in total. The summed E-state index contributed by atoms with van der Waals surface area (Å²) in [4.78, 5) is 12.7. The summed E-state index contributed by atoms with van der Waals surface area (Å²) >= 11 is 1.82. The molecule has 146 valence electrons. The van der Waals surface area contributed by atoms with Crippen LogP contribution in [0.2, 0.25) is 0 Å². The Morgan fingerprint density at radius 3 is 2.45 bits per heavy atom. The lowest BCUT2D eigenvalue weighted by atomic mass is 10.0. The molecule has 2 aliphatic heterocycles. The molecule has 0 bridgehead atoms. The van der Waals surface area contributed by atoms with Gasteiger partial charge >= 0.3 is 0 Å². The maximum atomic E-state index is 5.17. The molecule has 0 saturated carbocycles. The van der Waals surface area contributed by atoms with Crippen LogP contribution < -0.4 is 0 Å². The van der Waals surface area contributed by atoms with Crippen LogP contribution in [-0.4, -0.2) is 48.4 Å². The molecule has 29 heavy (non-hydrogen) atoms. The summed E-state index contributed by atoms with van der Waals surface area (Å²) in [5.74, 6) is 1.12. The fourth-order valence-electron chi connectivity index (χ4n) is 4.16. The van der Waals surface area contributed by atoms with Gasteiger partial charge in [-0.1, -0.05) is 72.4 Å². The number of rotatable bonds is 2.